The molecule has 9 heteroatoms. The van der Waals surface area contributed by atoms with Crippen molar-refractivity contribution in [3.8, 4) is 0 Å². The number of nitrogens with one attached hydrogen (secondary N) is 1. The van der Waals surface area contributed by atoms with Gasteiger partial charge in [-0.25, -0.2) is 9.78 Å². The third-order valence-corrected chi connectivity index (χ3v) is 5.35. The number of anilines is 1. The molecule has 0 unspecified atom stereocenters. The lowest BCUT2D eigenvalue weighted by Gasteiger charge is -2.10. The molecule has 0 saturated carbocycles. The molecule has 0 aliphatic rings. The Balaban J connectivity index is 1.37. The molecule has 0 aliphatic heterocycles. The SMILES string of the molecule is CCOC(=O)c1ccc(NC(=O)c2ccc(Cn3c(=O)c4cccn4c4cccnc43)o2)cc1. The molecule has 34 heavy (non-hydrogen) atoms. The van der Waals surface area contributed by atoms with Gasteiger partial charge in [-0.1, -0.05) is 0 Å². The van der Waals surface area contributed by atoms with Crippen molar-refractivity contribution in [2.75, 3.05) is 11.9 Å². The number of fused-ring (bicyclic) bond motifs is 3. The summed E-state index contributed by atoms with van der Waals surface area (Å²) in [6, 6.07) is 16.8. The van der Waals surface area contributed by atoms with Gasteiger partial charge in [0.25, 0.3) is 11.5 Å². The van der Waals surface area contributed by atoms with E-state index < -0.39 is 11.9 Å². The number of hydrogen-bond donors (Lipinski definition) is 1. The van der Waals surface area contributed by atoms with E-state index in [-0.39, 0.29) is 24.5 Å². The van der Waals surface area contributed by atoms with Crippen molar-refractivity contribution < 1.29 is 18.7 Å². The molecule has 0 spiro atoms. The molecule has 5 rings (SSSR count). The molecule has 1 aromatic carbocycles. The number of carbonyl (C=O) groups is 2. The first-order valence-corrected chi connectivity index (χ1v) is 10.7. The Labute approximate surface area is 193 Å². The van der Waals surface area contributed by atoms with Crippen LogP contribution < -0.4 is 10.9 Å². The fourth-order valence-corrected chi connectivity index (χ4v) is 3.77. The minimum absolute atomic E-state index is 0.0959. The summed E-state index contributed by atoms with van der Waals surface area (Å²) in [6.45, 7) is 2.14. The summed E-state index contributed by atoms with van der Waals surface area (Å²) < 4.78 is 14.0. The highest BCUT2D eigenvalue weighted by Crippen LogP contribution is 2.17. The average Bonchev–Trinajstić information content (AvgIpc) is 3.53. The van der Waals surface area contributed by atoms with Crippen LogP contribution in [-0.4, -0.2) is 32.4 Å². The number of pyridine rings is 1. The molecule has 170 valence electrons. The van der Waals surface area contributed by atoms with Crippen molar-refractivity contribution in [1.29, 1.82) is 0 Å². The Bertz CT molecular complexity index is 1580. The van der Waals surface area contributed by atoms with Crippen LogP contribution in [0.4, 0.5) is 5.69 Å². The topological polar surface area (TPSA) is 108 Å². The van der Waals surface area contributed by atoms with E-state index in [1.807, 2.05) is 24.4 Å². The third kappa shape index (κ3) is 3.83. The largest absolute Gasteiger partial charge is 0.462 e. The summed E-state index contributed by atoms with van der Waals surface area (Å²) in [5, 5.41) is 2.73. The van der Waals surface area contributed by atoms with Crippen molar-refractivity contribution in [1.82, 2.24) is 14.0 Å². The molecule has 4 aromatic heterocycles. The summed E-state index contributed by atoms with van der Waals surface area (Å²) in [7, 11) is 0. The second-order valence-corrected chi connectivity index (χ2v) is 7.52. The zero-order valence-corrected chi connectivity index (χ0v) is 18.2. The van der Waals surface area contributed by atoms with Gasteiger partial charge in [0, 0.05) is 18.1 Å². The van der Waals surface area contributed by atoms with Gasteiger partial charge in [-0.2, -0.15) is 0 Å². The Morgan fingerprint density at radius 3 is 2.62 bits per heavy atom. The van der Waals surface area contributed by atoms with Gasteiger partial charge in [0.1, 0.15) is 11.3 Å². The lowest BCUT2D eigenvalue weighted by atomic mass is 10.2. The van der Waals surface area contributed by atoms with Crippen LogP contribution in [0.2, 0.25) is 0 Å². The van der Waals surface area contributed by atoms with Gasteiger partial charge in [-0.3, -0.25) is 14.2 Å². The molecule has 0 radical (unpaired) electrons. The number of amides is 1. The number of ether oxygens (including phenoxy) is 1. The molecular formula is C25H20N4O5. The van der Waals surface area contributed by atoms with E-state index >= 15 is 0 Å². The zero-order chi connectivity index (χ0) is 23.7. The molecule has 0 aliphatic carbocycles. The molecule has 0 fully saturated rings. The minimum atomic E-state index is -0.451. The number of carbonyl (C=O) groups excluding carboxylic acids is 2. The molecule has 1 amide bonds. The maximum atomic E-state index is 13.1. The second-order valence-electron chi connectivity index (χ2n) is 7.52. The smallest absolute Gasteiger partial charge is 0.338 e. The minimum Gasteiger partial charge on any atom is -0.462 e. The van der Waals surface area contributed by atoms with Crippen molar-refractivity contribution >= 4 is 34.2 Å². The van der Waals surface area contributed by atoms with Crippen molar-refractivity contribution in [3.63, 3.8) is 0 Å². The van der Waals surface area contributed by atoms with E-state index in [4.69, 9.17) is 9.15 Å². The molecule has 0 bridgehead atoms. The van der Waals surface area contributed by atoms with E-state index in [9.17, 15) is 14.4 Å². The number of esters is 1. The van der Waals surface area contributed by atoms with Crippen LogP contribution in [0.3, 0.4) is 0 Å². The molecule has 0 saturated heterocycles. The summed E-state index contributed by atoms with van der Waals surface area (Å²) in [5.41, 5.74) is 2.52. The lowest BCUT2D eigenvalue weighted by Crippen LogP contribution is -2.23. The fraction of sp³-hybridized carbons (Fsp3) is 0.120. The summed E-state index contributed by atoms with van der Waals surface area (Å²) >= 11 is 0. The van der Waals surface area contributed by atoms with E-state index in [0.717, 1.165) is 5.52 Å². The molecule has 4 heterocycles. The van der Waals surface area contributed by atoms with E-state index in [0.29, 0.717) is 28.2 Å². The van der Waals surface area contributed by atoms with Crippen LogP contribution in [0, 0.1) is 0 Å². The Hall–Kier alpha value is -4.66. The first-order valence-electron chi connectivity index (χ1n) is 10.7. The first-order chi connectivity index (χ1) is 16.5. The monoisotopic (exact) mass is 456 g/mol. The molecule has 1 N–H and O–H groups in total. The number of hydrogen-bond acceptors (Lipinski definition) is 6. The maximum absolute atomic E-state index is 13.1. The van der Waals surface area contributed by atoms with Crippen molar-refractivity contribution in [2.24, 2.45) is 0 Å². The maximum Gasteiger partial charge on any atom is 0.338 e. The van der Waals surface area contributed by atoms with Crippen LogP contribution in [0.5, 0.6) is 0 Å². The van der Waals surface area contributed by atoms with Gasteiger partial charge < -0.3 is 18.9 Å². The molecule has 5 aromatic rings. The van der Waals surface area contributed by atoms with Gasteiger partial charge >= 0.3 is 5.97 Å². The summed E-state index contributed by atoms with van der Waals surface area (Å²) in [6.07, 6.45) is 3.45. The van der Waals surface area contributed by atoms with Crippen LogP contribution in [0.1, 0.15) is 33.6 Å². The van der Waals surface area contributed by atoms with E-state index in [1.54, 1.807) is 60.0 Å². The third-order valence-electron chi connectivity index (χ3n) is 5.35. The highest BCUT2D eigenvalue weighted by Gasteiger charge is 2.16. The second kappa shape index (κ2) is 8.70. The van der Waals surface area contributed by atoms with Gasteiger partial charge in [-0.05, 0) is 67.6 Å². The van der Waals surface area contributed by atoms with Crippen molar-refractivity contribution in [2.45, 2.75) is 13.5 Å². The van der Waals surface area contributed by atoms with Gasteiger partial charge in [0.15, 0.2) is 11.4 Å². The van der Waals surface area contributed by atoms with Gasteiger partial charge in [-0.15, -0.1) is 0 Å². The fourth-order valence-electron chi connectivity index (χ4n) is 3.77. The normalized spacial score (nSPS) is 11.1. The van der Waals surface area contributed by atoms with E-state index in [2.05, 4.69) is 10.3 Å². The molecular weight excluding hydrogens is 436 g/mol. The molecule has 9 nitrogen and oxygen atoms in total. The highest BCUT2D eigenvalue weighted by atomic mass is 16.5. The predicted molar refractivity (Wildman–Crippen MR) is 125 cm³/mol. The number of furan rings is 1. The van der Waals surface area contributed by atoms with Crippen molar-refractivity contribution in [3.05, 3.63) is 100 Å². The van der Waals surface area contributed by atoms with Crippen LogP contribution >= 0.6 is 0 Å². The van der Waals surface area contributed by atoms with E-state index in [1.165, 1.54) is 4.57 Å². The quantitative estimate of drug-likeness (QED) is 0.390. The van der Waals surface area contributed by atoms with Crippen LogP contribution in [-0.2, 0) is 11.3 Å². The number of benzene rings is 1. The van der Waals surface area contributed by atoms with Gasteiger partial charge in [0.2, 0.25) is 0 Å². The zero-order valence-electron chi connectivity index (χ0n) is 18.2. The summed E-state index contributed by atoms with van der Waals surface area (Å²) in [4.78, 5) is 41.8. The Morgan fingerprint density at radius 1 is 1.03 bits per heavy atom. The number of nitrogens with zero attached hydrogens (tertiary/aromatic N) is 3. The predicted octanol–water partition coefficient (Wildman–Crippen LogP) is 3.72. The number of aromatic nitrogens is 3. The van der Waals surface area contributed by atoms with Crippen LogP contribution in [0.15, 0.2) is 82.3 Å². The number of rotatable bonds is 6. The lowest BCUT2D eigenvalue weighted by molar-refractivity contribution is 0.0526. The Morgan fingerprint density at radius 2 is 1.82 bits per heavy atom. The molecule has 0 atom stereocenters. The Kier molecular flexibility index (Phi) is 5.43. The highest BCUT2D eigenvalue weighted by molar-refractivity contribution is 6.02. The first kappa shape index (κ1) is 21.2. The van der Waals surface area contributed by atoms with Gasteiger partial charge in [0.05, 0.1) is 24.2 Å². The standard InChI is InChI=1S/C25H20N4O5/c1-2-33-25(32)16-7-9-17(10-8-16)27-23(30)21-12-11-18(34-21)15-29-22-19(5-3-13-26-22)28-14-4-6-20(28)24(29)31/h3-14H,2,15H2,1H3,(H,27,30). The van der Waals surface area contributed by atoms with Crippen LogP contribution in [0.25, 0.3) is 16.7 Å². The summed E-state index contributed by atoms with van der Waals surface area (Å²) in [5.74, 6) is -0.342. The average molecular weight is 456 g/mol.